The number of hydrogen-bond donors (Lipinski definition) is 4. The van der Waals surface area contributed by atoms with Crippen LogP contribution < -0.4 is 15.5 Å². The van der Waals surface area contributed by atoms with Gasteiger partial charge in [-0.15, -0.1) is 0 Å². The van der Waals surface area contributed by atoms with Gasteiger partial charge in [0.25, 0.3) is 0 Å². The van der Waals surface area contributed by atoms with Gasteiger partial charge < -0.3 is 20.4 Å². The van der Waals surface area contributed by atoms with Gasteiger partial charge in [0, 0.05) is 32.0 Å². The Balaban J connectivity index is 1.57. The lowest BCUT2D eigenvalue weighted by Crippen LogP contribution is -2.23. The second-order valence-corrected chi connectivity index (χ2v) is 11.0. The van der Waals surface area contributed by atoms with E-state index in [0.717, 1.165) is 23.2 Å². The van der Waals surface area contributed by atoms with Crippen molar-refractivity contribution in [3.63, 3.8) is 0 Å². The van der Waals surface area contributed by atoms with Crippen LogP contribution in [0.15, 0.2) is 35.2 Å². The molecule has 34 heavy (non-hydrogen) atoms. The minimum Gasteiger partial charge on any atom is -0.477 e. The number of nitrogens with one attached hydrogen (secondary N) is 2. The quantitative estimate of drug-likeness (QED) is 0.357. The number of anilines is 4. The van der Waals surface area contributed by atoms with Crippen LogP contribution in [0, 0.1) is 6.92 Å². The average Bonchev–Trinajstić information content (AvgIpc) is 3.37. The monoisotopic (exact) mass is 504 g/mol. The molecule has 0 aliphatic carbocycles. The normalized spacial score (nSPS) is 16.0. The van der Waals surface area contributed by atoms with Crippen LogP contribution in [-0.2, 0) is 16.4 Å². The first-order chi connectivity index (χ1) is 16.1. The Hall–Kier alpha value is -3.29. The first-order valence-corrected chi connectivity index (χ1v) is 13.1. The fourth-order valence-electron chi connectivity index (χ4n) is 3.48. The van der Waals surface area contributed by atoms with E-state index in [9.17, 15) is 23.4 Å². The van der Waals surface area contributed by atoms with Crippen molar-refractivity contribution in [1.29, 1.82) is 0 Å². The molecule has 4 N–H and O–H groups in total. The third kappa shape index (κ3) is 5.61. The van der Waals surface area contributed by atoms with Gasteiger partial charge in [-0.1, -0.05) is 23.5 Å². The van der Waals surface area contributed by atoms with Crippen LogP contribution in [0.5, 0.6) is 0 Å². The topological polar surface area (TPSA) is 158 Å². The first kappa shape index (κ1) is 23.9. The Morgan fingerprint density at radius 1 is 1.24 bits per heavy atom. The van der Waals surface area contributed by atoms with Crippen LogP contribution in [-0.4, -0.2) is 65.0 Å². The summed E-state index contributed by atoms with van der Waals surface area (Å²) in [6, 6.07) is 8.34. The summed E-state index contributed by atoms with van der Waals surface area (Å²) in [4.78, 5) is 26.9. The molecule has 0 spiro atoms. The van der Waals surface area contributed by atoms with Crippen LogP contribution in [0.25, 0.3) is 0 Å². The summed E-state index contributed by atoms with van der Waals surface area (Å²) in [5.74, 6) is 0.302. The van der Waals surface area contributed by atoms with Crippen LogP contribution in [0.1, 0.15) is 27.3 Å². The molecule has 0 radical (unpaired) electrons. The van der Waals surface area contributed by atoms with Gasteiger partial charge in [-0.2, -0.15) is 9.97 Å². The molecule has 1 aliphatic heterocycles. The molecule has 1 aliphatic rings. The predicted octanol–water partition coefficient (Wildman–Crippen LogP) is 2.27. The lowest BCUT2D eigenvalue weighted by atomic mass is 10.2. The van der Waals surface area contributed by atoms with Gasteiger partial charge in [0.15, 0.2) is 15.0 Å². The van der Waals surface area contributed by atoms with E-state index in [1.54, 1.807) is 37.3 Å². The third-order valence-corrected chi connectivity index (χ3v) is 7.42. The molecular weight excluding hydrogens is 480 g/mol. The highest BCUT2D eigenvalue weighted by molar-refractivity contribution is 7.90. The van der Waals surface area contributed by atoms with E-state index in [2.05, 4.69) is 25.6 Å². The highest BCUT2D eigenvalue weighted by atomic mass is 32.2. The zero-order chi connectivity index (χ0) is 24.5. The molecule has 11 nitrogen and oxygen atoms in total. The smallest absolute Gasteiger partial charge is 0.347 e. The first-order valence-electron chi connectivity index (χ1n) is 10.4. The molecule has 4 rings (SSSR count). The second-order valence-electron chi connectivity index (χ2n) is 7.96. The maximum Gasteiger partial charge on any atom is 0.347 e. The maximum atomic E-state index is 11.7. The fraction of sp³-hybridized carbons (Fsp3) is 0.333. The Morgan fingerprint density at radius 2 is 1.97 bits per heavy atom. The van der Waals surface area contributed by atoms with Crippen molar-refractivity contribution in [2.24, 2.45) is 0 Å². The van der Waals surface area contributed by atoms with Crippen molar-refractivity contribution in [1.82, 2.24) is 15.0 Å². The van der Waals surface area contributed by atoms with Gasteiger partial charge in [-0.3, -0.25) is 5.32 Å². The molecule has 13 heteroatoms. The van der Waals surface area contributed by atoms with Crippen molar-refractivity contribution in [3.05, 3.63) is 46.5 Å². The number of aryl methyl sites for hydroxylation is 1. The minimum atomic E-state index is -3.27. The van der Waals surface area contributed by atoms with Crippen LogP contribution in [0.4, 0.5) is 22.7 Å². The van der Waals surface area contributed by atoms with Gasteiger partial charge in [0.1, 0.15) is 16.5 Å². The molecule has 3 aromatic rings. The van der Waals surface area contributed by atoms with Crippen LogP contribution in [0.2, 0.25) is 0 Å². The van der Waals surface area contributed by atoms with E-state index in [0.29, 0.717) is 48.5 Å². The number of carboxylic acid groups (broad SMARTS) is 1. The lowest BCUT2D eigenvalue weighted by Gasteiger charge is -2.18. The average molecular weight is 505 g/mol. The summed E-state index contributed by atoms with van der Waals surface area (Å²) in [7, 11) is -3.27. The van der Waals surface area contributed by atoms with Crippen molar-refractivity contribution in [2.75, 3.05) is 34.9 Å². The summed E-state index contributed by atoms with van der Waals surface area (Å²) in [6.45, 7) is 3.10. The van der Waals surface area contributed by atoms with Crippen molar-refractivity contribution >= 4 is 49.9 Å². The number of rotatable bonds is 8. The highest BCUT2D eigenvalue weighted by Crippen LogP contribution is 2.28. The molecule has 180 valence electrons. The molecule has 1 aromatic carbocycles. The predicted molar refractivity (Wildman–Crippen MR) is 129 cm³/mol. The summed E-state index contributed by atoms with van der Waals surface area (Å²) in [5.41, 5.74) is 1.26. The minimum absolute atomic E-state index is 0.136. The number of aromatic nitrogens is 3. The van der Waals surface area contributed by atoms with Gasteiger partial charge >= 0.3 is 5.97 Å². The van der Waals surface area contributed by atoms with E-state index in [4.69, 9.17) is 0 Å². The molecule has 1 saturated heterocycles. The van der Waals surface area contributed by atoms with Gasteiger partial charge in [-0.25, -0.2) is 18.2 Å². The molecule has 1 unspecified atom stereocenters. The summed E-state index contributed by atoms with van der Waals surface area (Å²) in [5, 5.41) is 25.8. The zero-order valence-electron chi connectivity index (χ0n) is 18.5. The highest BCUT2D eigenvalue weighted by Gasteiger charge is 2.23. The summed E-state index contributed by atoms with van der Waals surface area (Å²) >= 11 is 0.995. The second kappa shape index (κ2) is 9.52. The number of β-amino-alcohol motifs (C(OH)–C–C–N with tert-alkyl or cyclic N) is 1. The van der Waals surface area contributed by atoms with Gasteiger partial charge in [0.05, 0.1) is 16.7 Å². The number of aliphatic hydroxyl groups is 1. The van der Waals surface area contributed by atoms with Crippen LogP contribution >= 0.6 is 11.3 Å². The molecule has 0 saturated carbocycles. The number of carboxylic acids is 1. The Labute approximate surface area is 200 Å². The SMILES string of the molecule is Cc1nc(Nc2nc(NCc3ccc(S(C)(=O)=O)cc3)cc(N3CCC(O)C3)n2)sc1C(=O)O. The summed E-state index contributed by atoms with van der Waals surface area (Å²) < 4.78 is 23.3. The van der Waals surface area contributed by atoms with Crippen molar-refractivity contribution < 1.29 is 23.4 Å². The molecule has 0 amide bonds. The standard InChI is InChI=1S/C21H24N6O5S2/c1-12-18(19(29)30)33-21(23-12)26-20-24-16(9-17(25-20)27-8-7-14(28)11-27)22-10-13-3-5-15(6-4-13)34(2,31)32/h3-6,9,14,28H,7-8,10-11H2,1-2H3,(H,29,30)(H2,22,23,24,25,26). The number of aromatic carboxylic acids is 1. The molecule has 1 fully saturated rings. The number of benzene rings is 1. The van der Waals surface area contributed by atoms with Gasteiger partial charge in [-0.05, 0) is 31.0 Å². The lowest BCUT2D eigenvalue weighted by molar-refractivity contribution is 0.0701. The molecule has 1 atom stereocenters. The molecule has 2 aromatic heterocycles. The number of hydrogen-bond acceptors (Lipinski definition) is 11. The number of sulfone groups is 1. The Kier molecular flexibility index (Phi) is 6.68. The number of aliphatic hydroxyl groups excluding tert-OH is 1. The van der Waals surface area contributed by atoms with Gasteiger partial charge in [0.2, 0.25) is 5.95 Å². The third-order valence-electron chi connectivity index (χ3n) is 5.23. The van der Waals surface area contributed by atoms with E-state index >= 15 is 0 Å². The van der Waals surface area contributed by atoms with Crippen molar-refractivity contribution in [3.8, 4) is 0 Å². The van der Waals surface area contributed by atoms with Crippen molar-refractivity contribution in [2.45, 2.75) is 30.9 Å². The van der Waals surface area contributed by atoms with E-state index < -0.39 is 21.9 Å². The largest absolute Gasteiger partial charge is 0.477 e. The van der Waals surface area contributed by atoms with E-state index in [-0.39, 0.29) is 15.7 Å². The molecule has 3 heterocycles. The molecule has 0 bridgehead atoms. The number of thiazole rings is 1. The summed E-state index contributed by atoms with van der Waals surface area (Å²) in [6.07, 6.45) is 1.36. The van der Waals surface area contributed by atoms with E-state index in [1.165, 1.54) is 0 Å². The zero-order valence-corrected chi connectivity index (χ0v) is 20.2. The maximum absolute atomic E-state index is 11.7. The Morgan fingerprint density at radius 3 is 2.56 bits per heavy atom. The van der Waals surface area contributed by atoms with E-state index in [1.807, 2.05) is 4.90 Å². The fourth-order valence-corrected chi connectivity index (χ4v) is 4.91. The molecular formula is C21H24N6O5S2. The Bertz CT molecular complexity index is 1310. The van der Waals surface area contributed by atoms with Crippen LogP contribution in [0.3, 0.4) is 0 Å². The number of carbonyl (C=O) groups is 1. The number of nitrogens with zero attached hydrogens (tertiary/aromatic N) is 4.